The standard InChI is InChI=1S/C27H31FN2O6S2/c1-34-16-3-14-29(38(32,33)23-10-8-21(35-2)9-11-23)18-27(31)30-15-12-26-24(13-17-37-26)25(30)19-36-22-6-4-20(28)5-7-22/h4-11,13,17,25H,3,12,14-16,18-19H2,1-2H3/t25-/m0/s1. The number of hydrogen-bond acceptors (Lipinski definition) is 7. The number of nitrogens with zero attached hydrogens (tertiary/aromatic N) is 2. The van der Waals surface area contributed by atoms with E-state index in [1.54, 1.807) is 35.5 Å². The first-order valence-corrected chi connectivity index (χ1v) is 14.5. The van der Waals surface area contributed by atoms with Crippen molar-refractivity contribution in [3.63, 3.8) is 0 Å². The van der Waals surface area contributed by atoms with E-state index in [4.69, 9.17) is 14.2 Å². The van der Waals surface area contributed by atoms with Crippen molar-refractivity contribution < 1.29 is 31.8 Å². The van der Waals surface area contributed by atoms with Gasteiger partial charge in [0, 0.05) is 31.7 Å². The maximum Gasteiger partial charge on any atom is 0.243 e. The highest BCUT2D eigenvalue weighted by Crippen LogP contribution is 2.34. The first kappa shape index (κ1) is 28.0. The maximum absolute atomic E-state index is 13.7. The van der Waals surface area contributed by atoms with Gasteiger partial charge in [0.1, 0.15) is 23.9 Å². The van der Waals surface area contributed by atoms with Crippen molar-refractivity contribution in [3.8, 4) is 11.5 Å². The summed E-state index contributed by atoms with van der Waals surface area (Å²) >= 11 is 1.62. The number of thiophene rings is 1. The van der Waals surface area contributed by atoms with Crippen LogP contribution in [0.2, 0.25) is 0 Å². The van der Waals surface area contributed by atoms with Gasteiger partial charge in [0.05, 0.1) is 24.6 Å². The third kappa shape index (κ3) is 6.52. The Morgan fingerprint density at radius 3 is 2.47 bits per heavy atom. The summed E-state index contributed by atoms with van der Waals surface area (Å²) in [5.41, 5.74) is 0.987. The molecule has 0 spiro atoms. The minimum atomic E-state index is -3.96. The normalized spacial score (nSPS) is 15.4. The molecule has 11 heteroatoms. The zero-order chi connectivity index (χ0) is 27.1. The predicted molar refractivity (Wildman–Crippen MR) is 143 cm³/mol. The number of sulfonamides is 1. The predicted octanol–water partition coefficient (Wildman–Crippen LogP) is 4.13. The molecule has 1 aliphatic rings. The molecule has 0 fully saturated rings. The molecule has 1 aromatic heterocycles. The van der Waals surface area contributed by atoms with Crippen LogP contribution >= 0.6 is 11.3 Å². The molecule has 0 aliphatic carbocycles. The van der Waals surface area contributed by atoms with Crippen LogP contribution in [0.1, 0.15) is 22.9 Å². The maximum atomic E-state index is 13.7. The molecular weight excluding hydrogens is 531 g/mol. The molecule has 38 heavy (non-hydrogen) atoms. The minimum absolute atomic E-state index is 0.0819. The number of methoxy groups -OCH3 is 2. The Balaban J connectivity index is 1.55. The SMILES string of the molecule is COCCCN(CC(=O)N1CCc2sccc2[C@@H]1COc1ccc(F)cc1)S(=O)(=O)c1ccc(OC)cc1. The van der Waals surface area contributed by atoms with Crippen molar-refractivity contribution in [1.82, 2.24) is 9.21 Å². The van der Waals surface area contributed by atoms with Gasteiger partial charge < -0.3 is 19.1 Å². The Hall–Kier alpha value is -2.99. The van der Waals surface area contributed by atoms with Crippen LogP contribution < -0.4 is 9.47 Å². The summed E-state index contributed by atoms with van der Waals surface area (Å²) in [4.78, 5) is 16.6. The molecule has 0 unspecified atom stereocenters. The largest absolute Gasteiger partial charge is 0.497 e. The van der Waals surface area contributed by atoms with Gasteiger partial charge in [-0.3, -0.25) is 4.79 Å². The van der Waals surface area contributed by atoms with Crippen molar-refractivity contribution in [1.29, 1.82) is 0 Å². The van der Waals surface area contributed by atoms with E-state index in [9.17, 15) is 17.6 Å². The van der Waals surface area contributed by atoms with E-state index in [0.717, 1.165) is 5.56 Å². The van der Waals surface area contributed by atoms with Gasteiger partial charge in [-0.1, -0.05) is 0 Å². The fourth-order valence-electron chi connectivity index (χ4n) is 4.39. The van der Waals surface area contributed by atoms with E-state index in [-0.39, 0.29) is 36.3 Å². The van der Waals surface area contributed by atoms with Gasteiger partial charge in [0.15, 0.2) is 0 Å². The lowest BCUT2D eigenvalue weighted by molar-refractivity contribution is -0.135. The molecule has 0 N–H and O–H groups in total. The highest BCUT2D eigenvalue weighted by atomic mass is 32.2. The Morgan fingerprint density at radius 2 is 1.79 bits per heavy atom. The fraction of sp³-hybridized carbons (Fsp3) is 0.370. The Bertz CT molecular complexity index is 1310. The van der Waals surface area contributed by atoms with Crippen LogP contribution in [0.5, 0.6) is 11.5 Å². The highest BCUT2D eigenvalue weighted by Gasteiger charge is 2.35. The van der Waals surface area contributed by atoms with Gasteiger partial charge >= 0.3 is 0 Å². The number of fused-ring (bicyclic) bond motifs is 1. The van der Waals surface area contributed by atoms with Crippen LogP contribution in [-0.2, 0) is 26.0 Å². The summed E-state index contributed by atoms with van der Waals surface area (Å²) in [5.74, 6) is 0.349. The summed E-state index contributed by atoms with van der Waals surface area (Å²) in [6, 6.07) is 13.4. The number of carbonyl (C=O) groups is 1. The van der Waals surface area contributed by atoms with Crippen LogP contribution in [0.25, 0.3) is 0 Å². The molecular formula is C27H31FN2O6S2. The van der Waals surface area contributed by atoms with Crippen LogP contribution in [-0.4, -0.2) is 70.6 Å². The van der Waals surface area contributed by atoms with Crippen LogP contribution in [0.3, 0.4) is 0 Å². The molecule has 4 rings (SSSR count). The zero-order valence-corrected chi connectivity index (χ0v) is 23.0. The molecule has 3 aromatic rings. The Kier molecular flexibility index (Phi) is 9.37. The van der Waals surface area contributed by atoms with Gasteiger partial charge in [0.2, 0.25) is 15.9 Å². The first-order valence-electron chi connectivity index (χ1n) is 12.2. The highest BCUT2D eigenvalue weighted by molar-refractivity contribution is 7.89. The number of benzene rings is 2. The molecule has 1 amide bonds. The zero-order valence-electron chi connectivity index (χ0n) is 21.3. The van der Waals surface area contributed by atoms with Crippen LogP contribution in [0.15, 0.2) is 64.9 Å². The van der Waals surface area contributed by atoms with Gasteiger partial charge in [0.25, 0.3) is 0 Å². The lowest BCUT2D eigenvalue weighted by Crippen LogP contribution is -2.48. The number of amides is 1. The van der Waals surface area contributed by atoms with E-state index in [0.29, 0.717) is 37.5 Å². The number of rotatable bonds is 12. The molecule has 1 aliphatic heterocycles. The number of carbonyl (C=O) groups excluding carboxylic acids is 1. The van der Waals surface area contributed by atoms with Crippen molar-refractivity contribution in [2.45, 2.75) is 23.8 Å². The molecule has 0 bridgehead atoms. The quantitative estimate of drug-likeness (QED) is 0.309. The van der Waals surface area contributed by atoms with Crippen molar-refractivity contribution in [3.05, 3.63) is 76.2 Å². The first-order chi connectivity index (χ1) is 18.3. The second-order valence-corrected chi connectivity index (χ2v) is 11.7. The van der Waals surface area contributed by atoms with E-state index >= 15 is 0 Å². The number of halogens is 1. The lowest BCUT2D eigenvalue weighted by Gasteiger charge is -2.37. The van der Waals surface area contributed by atoms with Crippen molar-refractivity contribution >= 4 is 27.3 Å². The molecule has 1 atom stereocenters. The van der Waals surface area contributed by atoms with Crippen molar-refractivity contribution in [2.75, 3.05) is 47.1 Å². The molecule has 8 nitrogen and oxygen atoms in total. The summed E-state index contributed by atoms with van der Waals surface area (Å²) in [6.45, 7) is 0.778. The van der Waals surface area contributed by atoms with Gasteiger partial charge in [-0.25, -0.2) is 12.8 Å². The van der Waals surface area contributed by atoms with Crippen LogP contribution in [0, 0.1) is 5.82 Å². The molecule has 0 saturated heterocycles. The Morgan fingerprint density at radius 1 is 1.08 bits per heavy atom. The average molecular weight is 563 g/mol. The van der Waals surface area contributed by atoms with Crippen molar-refractivity contribution in [2.24, 2.45) is 0 Å². The number of ether oxygens (including phenoxy) is 3. The Labute approximate surface area is 226 Å². The van der Waals surface area contributed by atoms with Gasteiger partial charge in [-0.05, 0) is 78.4 Å². The van der Waals surface area contributed by atoms with Crippen LogP contribution in [0.4, 0.5) is 4.39 Å². The summed E-state index contributed by atoms with van der Waals surface area (Å²) in [7, 11) is -0.903. The number of hydrogen-bond donors (Lipinski definition) is 0. The monoisotopic (exact) mass is 562 g/mol. The summed E-state index contributed by atoms with van der Waals surface area (Å²) < 4.78 is 57.8. The van der Waals surface area contributed by atoms with E-state index in [1.807, 2.05) is 11.4 Å². The third-order valence-corrected chi connectivity index (χ3v) is 9.26. The average Bonchev–Trinajstić information content (AvgIpc) is 3.41. The van der Waals surface area contributed by atoms with E-state index < -0.39 is 16.1 Å². The second kappa shape index (κ2) is 12.7. The molecule has 2 heterocycles. The smallest absolute Gasteiger partial charge is 0.243 e. The van der Waals surface area contributed by atoms with Gasteiger partial charge in [-0.2, -0.15) is 4.31 Å². The van der Waals surface area contributed by atoms with E-state index in [2.05, 4.69) is 0 Å². The molecule has 0 radical (unpaired) electrons. The second-order valence-electron chi connectivity index (χ2n) is 8.78. The summed E-state index contributed by atoms with van der Waals surface area (Å²) in [5, 5.41) is 1.98. The lowest BCUT2D eigenvalue weighted by atomic mass is 10.0. The molecule has 204 valence electrons. The minimum Gasteiger partial charge on any atom is -0.497 e. The molecule has 0 saturated carbocycles. The van der Waals surface area contributed by atoms with Gasteiger partial charge in [-0.15, -0.1) is 11.3 Å². The summed E-state index contributed by atoms with van der Waals surface area (Å²) in [6.07, 6.45) is 1.12. The third-order valence-electron chi connectivity index (χ3n) is 6.40. The fourth-order valence-corrected chi connectivity index (χ4v) is 6.74. The topological polar surface area (TPSA) is 85.4 Å². The molecule has 2 aromatic carbocycles. The van der Waals surface area contributed by atoms with E-state index in [1.165, 1.54) is 52.7 Å².